The maximum Gasteiger partial charge on any atom is 0.330 e. The molecule has 10 heavy (non-hydrogen) atoms. The molecule has 0 N–H and O–H groups in total. The Balaban J connectivity index is 2.46. The van der Waals surface area contributed by atoms with Crippen LogP contribution in [0.5, 0.6) is 0 Å². The molecule has 56 valence electrons. The van der Waals surface area contributed by atoms with Crippen LogP contribution in [0.3, 0.4) is 0 Å². The highest BCUT2D eigenvalue weighted by Gasteiger charge is 2.19. The van der Waals surface area contributed by atoms with E-state index in [9.17, 15) is 4.79 Å². The highest BCUT2D eigenvalue weighted by atomic mass is 16.5. The zero-order valence-corrected chi connectivity index (χ0v) is 6.39. The Hall–Kier alpha value is -0.790. The molecule has 2 nitrogen and oxygen atoms in total. The highest BCUT2D eigenvalue weighted by molar-refractivity contribution is 5.82. The van der Waals surface area contributed by atoms with E-state index < -0.39 is 0 Å². The minimum absolute atomic E-state index is 0.221. The Kier molecular flexibility index (Phi) is 2.10. The van der Waals surface area contributed by atoms with Crippen LogP contribution in [0.4, 0.5) is 0 Å². The molecule has 0 spiro atoms. The molecule has 1 unspecified atom stereocenters. The SMILES string of the molecule is COC(=O)/C=C1/CCC1C. The first-order valence-electron chi connectivity index (χ1n) is 3.52. The van der Waals surface area contributed by atoms with Crippen LogP contribution >= 0.6 is 0 Å². The topological polar surface area (TPSA) is 26.3 Å². The molecule has 1 saturated carbocycles. The molecule has 2 heteroatoms. The second-order valence-corrected chi connectivity index (χ2v) is 2.68. The van der Waals surface area contributed by atoms with E-state index in [1.165, 1.54) is 19.1 Å². The van der Waals surface area contributed by atoms with E-state index in [-0.39, 0.29) is 5.97 Å². The third-order valence-electron chi connectivity index (χ3n) is 2.00. The third kappa shape index (κ3) is 1.38. The summed E-state index contributed by atoms with van der Waals surface area (Å²) >= 11 is 0. The van der Waals surface area contributed by atoms with Gasteiger partial charge in [-0.15, -0.1) is 0 Å². The smallest absolute Gasteiger partial charge is 0.330 e. The lowest BCUT2D eigenvalue weighted by atomic mass is 9.81. The molecule has 1 fully saturated rings. The van der Waals surface area contributed by atoms with Gasteiger partial charge >= 0.3 is 5.97 Å². The molecule has 1 rings (SSSR count). The van der Waals surface area contributed by atoms with Crippen LogP contribution in [0.15, 0.2) is 11.6 Å². The first-order valence-corrected chi connectivity index (χ1v) is 3.52. The van der Waals surface area contributed by atoms with Gasteiger partial charge in [0.25, 0.3) is 0 Å². The molecule has 0 radical (unpaired) electrons. The minimum atomic E-state index is -0.221. The number of carbonyl (C=O) groups is 1. The molecule has 0 saturated heterocycles. The summed E-state index contributed by atoms with van der Waals surface area (Å²) in [7, 11) is 1.41. The average Bonchev–Trinajstić information content (AvgIpc) is 1.96. The summed E-state index contributed by atoms with van der Waals surface area (Å²) in [5, 5.41) is 0. The first kappa shape index (κ1) is 7.32. The molecule has 0 aromatic rings. The van der Waals surface area contributed by atoms with Crippen LogP contribution in [0.2, 0.25) is 0 Å². The summed E-state index contributed by atoms with van der Waals surface area (Å²) in [6, 6.07) is 0. The summed E-state index contributed by atoms with van der Waals surface area (Å²) < 4.78 is 4.49. The normalized spacial score (nSPS) is 27.8. The second kappa shape index (κ2) is 2.86. The fraction of sp³-hybridized carbons (Fsp3) is 0.625. The van der Waals surface area contributed by atoms with Crippen LogP contribution in [0, 0.1) is 5.92 Å². The van der Waals surface area contributed by atoms with Crippen LogP contribution in [0.1, 0.15) is 19.8 Å². The second-order valence-electron chi connectivity index (χ2n) is 2.68. The van der Waals surface area contributed by atoms with E-state index >= 15 is 0 Å². The molecule has 1 aliphatic carbocycles. The number of allylic oxidation sites excluding steroid dienone is 1. The molecule has 0 aromatic carbocycles. The predicted octanol–water partition coefficient (Wildman–Crippen LogP) is 1.52. The minimum Gasteiger partial charge on any atom is -0.466 e. The van der Waals surface area contributed by atoms with Crippen molar-refractivity contribution in [1.82, 2.24) is 0 Å². The molecule has 0 aliphatic heterocycles. The maximum atomic E-state index is 10.7. The van der Waals surface area contributed by atoms with Crippen molar-refractivity contribution >= 4 is 5.97 Å². The summed E-state index contributed by atoms with van der Waals surface area (Å²) in [6.45, 7) is 2.12. The van der Waals surface area contributed by atoms with Crippen molar-refractivity contribution in [2.75, 3.05) is 7.11 Å². The lowest BCUT2D eigenvalue weighted by Crippen LogP contribution is -2.13. The van der Waals surface area contributed by atoms with Gasteiger partial charge in [0.05, 0.1) is 7.11 Å². The Morgan fingerprint density at radius 2 is 2.50 bits per heavy atom. The van der Waals surface area contributed by atoms with Crippen molar-refractivity contribution in [1.29, 1.82) is 0 Å². The van der Waals surface area contributed by atoms with E-state index in [0.29, 0.717) is 5.92 Å². The van der Waals surface area contributed by atoms with Gasteiger partial charge in [0.1, 0.15) is 0 Å². The largest absolute Gasteiger partial charge is 0.466 e. The summed E-state index contributed by atoms with van der Waals surface area (Å²) in [6.07, 6.45) is 3.88. The van der Waals surface area contributed by atoms with Gasteiger partial charge in [-0.1, -0.05) is 12.5 Å². The Morgan fingerprint density at radius 3 is 2.80 bits per heavy atom. The van der Waals surface area contributed by atoms with Crippen molar-refractivity contribution in [3.05, 3.63) is 11.6 Å². The zero-order valence-electron chi connectivity index (χ0n) is 6.39. The van der Waals surface area contributed by atoms with E-state index in [4.69, 9.17) is 0 Å². The molecular formula is C8H12O2. The fourth-order valence-electron chi connectivity index (χ4n) is 1.02. The quantitative estimate of drug-likeness (QED) is 0.407. The number of methoxy groups -OCH3 is 1. The number of rotatable bonds is 1. The average molecular weight is 140 g/mol. The number of hydrogen-bond acceptors (Lipinski definition) is 2. The van der Waals surface area contributed by atoms with Crippen molar-refractivity contribution in [2.45, 2.75) is 19.8 Å². The maximum absolute atomic E-state index is 10.7. The van der Waals surface area contributed by atoms with Gasteiger partial charge in [0.2, 0.25) is 0 Å². The highest BCUT2D eigenvalue weighted by Crippen LogP contribution is 2.32. The standard InChI is InChI=1S/C8H12O2/c1-6-3-4-7(6)5-8(9)10-2/h5-6H,3-4H2,1-2H3/b7-5-. The van der Waals surface area contributed by atoms with Crippen molar-refractivity contribution in [3.8, 4) is 0 Å². The summed E-state index contributed by atoms with van der Waals surface area (Å²) in [5.41, 5.74) is 1.23. The van der Waals surface area contributed by atoms with Crippen LogP contribution in [-0.4, -0.2) is 13.1 Å². The molecule has 0 heterocycles. The van der Waals surface area contributed by atoms with Crippen molar-refractivity contribution in [2.24, 2.45) is 5.92 Å². The molecule has 0 bridgehead atoms. The van der Waals surface area contributed by atoms with Crippen molar-refractivity contribution in [3.63, 3.8) is 0 Å². The van der Waals surface area contributed by atoms with Crippen LogP contribution in [-0.2, 0) is 9.53 Å². The van der Waals surface area contributed by atoms with Crippen LogP contribution in [0.25, 0.3) is 0 Å². The number of esters is 1. The number of carbonyl (C=O) groups excluding carboxylic acids is 1. The van der Waals surface area contributed by atoms with E-state index in [1.54, 1.807) is 6.08 Å². The van der Waals surface area contributed by atoms with E-state index in [1.807, 2.05) is 0 Å². The summed E-state index contributed by atoms with van der Waals surface area (Å²) in [5.74, 6) is 0.376. The summed E-state index contributed by atoms with van der Waals surface area (Å²) in [4.78, 5) is 10.7. The predicted molar refractivity (Wildman–Crippen MR) is 38.5 cm³/mol. The van der Waals surface area contributed by atoms with Crippen LogP contribution < -0.4 is 0 Å². The fourth-order valence-corrected chi connectivity index (χ4v) is 1.02. The van der Waals surface area contributed by atoms with Gasteiger partial charge in [-0.25, -0.2) is 4.79 Å². The third-order valence-corrected chi connectivity index (χ3v) is 2.00. The Labute approximate surface area is 60.9 Å². The van der Waals surface area contributed by atoms with E-state index in [2.05, 4.69) is 11.7 Å². The Bertz CT molecular complexity index is 170. The van der Waals surface area contributed by atoms with Gasteiger partial charge in [0, 0.05) is 6.08 Å². The Morgan fingerprint density at radius 1 is 1.80 bits per heavy atom. The molecule has 0 aromatic heterocycles. The molecule has 1 aliphatic rings. The molecule has 0 amide bonds. The molecule has 1 atom stereocenters. The lowest BCUT2D eigenvalue weighted by Gasteiger charge is -2.25. The number of ether oxygens (including phenoxy) is 1. The van der Waals surface area contributed by atoms with Gasteiger partial charge in [-0.05, 0) is 18.8 Å². The first-order chi connectivity index (χ1) is 4.74. The monoisotopic (exact) mass is 140 g/mol. The van der Waals surface area contributed by atoms with Gasteiger partial charge in [-0.3, -0.25) is 0 Å². The van der Waals surface area contributed by atoms with Gasteiger partial charge in [0.15, 0.2) is 0 Å². The van der Waals surface area contributed by atoms with Gasteiger partial charge in [-0.2, -0.15) is 0 Å². The number of hydrogen-bond donors (Lipinski definition) is 0. The van der Waals surface area contributed by atoms with Gasteiger partial charge < -0.3 is 4.74 Å². The van der Waals surface area contributed by atoms with E-state index in [0.717, 1.165) is 6.42 Å². The zero-order chi connectivity index (χ0) is 7.56. The molecular weight excluding hydrogens is 128 g/mol. The lowest BCUT2D eigenvalue weighted by molar-refractivity contribution is -0.135. The van der Waals surface area contributed by atoms with Crippen molar-refractivity contribution < 1.29 is 9.53 Å².